The lowest BCUT2D eigenvalue weighted by molar-refractivity contribution is -0.140. The highest BCUT2D eigenvalue weighted by atomic mass is 127. The van der Waals surface area contributed by atoms with E-state index in [1.165, 1.54) is 17.7 Å². The Balaban J connectivity index is 0.00000182. The van der Waals surface area contributed by atoms with Gasteiger partial charge in [0.1, 0.15) is 0 Å². The fourth-order valence-corrected chi connectivity index (χ4v) is 4.85. The lowest BCUT2D eigenvalue weighted by atomic mass is 9.85. The minimum atomic E-state index is -0.112. The van der Waals surface area contributed by atoms with Gasteiger partial charge in [-0.25, -0.2) is 0 Å². The highest BCUT2D eigenvalue weighted by molar-refractivity contribution is 14.0. The average Bonchev–Trinajstić information content (AvgIpc) is 3.16. The van der Waals surface area contributed by atoms with Gasteiger partial charge in [0.15, 0.2) is 5.96 Å². The molecule has 2 amide bonds. The molecule has 1 saturated carbocycles. The molecule has 138 valence electrons. The van der Waals surface area contributed by atoms with Crippen LogP contribution in [0.25, 0.3) is 0 Å². The Bertz CT molecular complexity index is 568. The zero-order valence-electron chi connectivity index (χ0n) is 14.5. The molecule has 2 bridgehead atoms. The number of carbonyl (C=O) groups excluding carboxylic acids is 2. The van der Waals surface area contributed by atoms with Gasteiger partial charge in [0.25, 0.3) is 0 Å². The number of halogens is 1. The van der Waals surface area contributed by atoms with Crippen molar-refractivity contribution < 1.29 is 9.59 Å². The van der Waals surface area contributed by atoms with Crippen molar-refractivity contribution in [2.45, 2.75) is 32.1 Å². The first-order chi connectivity index (χ1) is 11.7. The largest absolute Gasteiger partial charge is 0.370 e. The van der Waals surface area contributed by atoms with E-state index in [4.69, 9.17) is 5.73 Å². The lowest BCUT2D eigenvalue weighted by Crippen LogP contribution is -2.39. The fraction of sp³-hybridized carbons (Fsp3) is 0.722. The smallest absolute Gasteiger partial charge is 0.233 e. The van der Waals surface area contributed by atoms with Crippen LogP contribution in [0.3, 0.4) is 0 Å². The molecule has 2 heterocycles. The molecule has 7 heteroatoms. The highest BCUT2D eigenvalue weighted by Gasteiger charge is 2.58. The molecule has 4 unspecified atom stereocenters. The zero-order chi connectivity index (χ0) is 16.7. The van der Waals surface area contributed by atoms with E-state index in [0.717, 1.165) is 32.4 Å². The van der Waals surface area contributed by atoms with Crippen molar-refractivity contribution >= 4 is 41.8 Å². The van der Waals surface area contributed by atoms with E-state index in [9.17, 15) is 9.59 Å². The Morgan fingerprint density at radius 3 is 2.16 bits per heavy atom. The van der Waals surface area contributed by atoms with Gasteiger partial charge in [-0.1, -0.05) is 25.0 Å². The minimum absolute atomic E-state index is 0. The van der Waals surface area contributed by atoms with Gasteiger partial charge in [0, 0.05) is 19.6 Å². The SMILES string of the molecule is I.NC(=NCCN1C(=O)C2C3C=CC(C3)C2C1=O)N1CCCCCC1. The van der Waals surface area contributed by atoms with Crippen LogP contribution < -0.4 is 5.73 Å². The monoisotopic (exact) mass is 458 g/mol. The molecule has 0 radical (unpaired) electrons. The van der Waals surface area contributed by atoms with Crippen LogP contribution in [-0.4, -0.2) is 53.8 Å². The molecule has 25 heavy (non-hydrogen) atoms. The quantitative estimate of drug-likeness (QED) is 0.229. The standard InChI is InChI=1S/C18H26N4O2.HI/c19-18(21-8-3-1-2-4-9-21)20-7-10-22-16(23)14-12-5-6-13(11-12)15(14)17(22)24;/h5-6,12-15H,1-4,7-11H2,(H2,19,20);1H. The summed E-state index contributed by atoms with van der Waals surface area (Å²) in [6, 6.07) is 0. The van der Waals surface area contributed by atoms with Crippen LogP contribution in [0.4, 0.5) is 0 Å². The molecule has 4 rings (SSSR count). The van der Waals surface area contributed by atoms with Crippen molar-refractivity contribution in [3.05, 3.63) is 12.2 Å². The Morgan fingerprint density at radius 2 is 1.60 bits per heavy atom. The molecule has 4 aliphatic rings. The molecular weight excluding hydrogens is 431 g/mol. The zero-order valence-corrected chi connectivity index (χ0v) is 16.8. The first-order valence-corrected chi connectivity index (χ1v) is 9.25. The summed E-state index contributed by atoms with van der Waals surface area (Å²) in [6.07, 6.45) is 10.0. The van der Waals surface area contributed by atoms with Gasteiger partial charge in [-0.2, -0.15) is 0 Å². The number of amides is 2. The van der Waals surface area contributed by atoms with Gasteiger partial charge >= 0.3 is 0 Å². The van der Waals surface area contributed by atoms with Crippen molar-refractivity contribution in [3.63, 3.8) is 0 Å². The molecule has 2 aliphatic carbocycles. The Kier molecular flexibility index (Phi) is 5.70. The summed E-state index contributed by atoms with van der Waals surface area (Å²) in [6.45, 7) is 2.67. The number of guanidine groups is 1. The third-order valence-electron chi connectivity index (χ3n) is 6.09. The van der Waals surface area contributed by atoms with Crippen LogP contribution in [0, 0.1) is 23.7 Å². The number of imide groups is 1. The van der Waals surface area contributed by atoms with Gasteiger partial charge in [-0.05, 0) is 31.1 Å². The Morgan fingerprint density at radius 1 is 1.04 bits per heavy atom. The highest BCUT2D eigenvalue weighted by Crippen LogP contribution is 2.52. The second-order valence-electron chi connectivity index (χ2n) is 7.47. The number of fused-ring (bicyclic) bond motifs is 5. The van der Waals surface area contributed by atoms with Gasteiger partial charge in [-0.3, -0.25) is 19.5 Å². The van der Waals surface area contributed by atoms with E-state index >= 15 is 0 Å². The molecule has 2 saturated heterocycles. The molecular formula is C18H27IN4O2. The molecule has 6 nitrogen and oxygen atoms in total. The van der Waals surface area contributed by atoms with E-state index in [1.54, 1.807) is 0 Å². The summed E-state index contributed by atoms with van der Waals surface area (Å²) in [5.74, 6) is 0.881. The number of hydrogen-bond acceptors (Lipinski definition) is 3. The van der Waals surface area contributed by atoms with E-state index in [0.29, 0.717) is 19.0 Å². The third-order valence-corrected chi connectivity index (χ3v) is 6.09. The Labute approximate surface area is 165 Å². The van der Waals surface area contributed by atoms with E-state index in [1.807, 2.05) is 0 Å². The van der Waals surface area contributed by atoms with Gasteiger partial charge in [0.2, 0.25) is 11.8 Å². The van der Waals surface area contributed by atoms with Gasteiger partial charge in [0.05, 0.1) is 18.4 Å². The maximum absolute atomic E-state index is 12.6. The predicted molar refractivity (Wildman–Crippen MR) is 106 cm³/mol. The van der Waals surface area contributed by atoms with Crippen LogP contribution in [0.15, 0.2) is 17.1 Å². The Hall–Kier alpha value is -1.12. The van der Waals surface area contributed by atoms with Crippen molar-refractivity contribution in [1.29, 1.82) is 0 Å². The average molecular weight is 458 g/mol. The van der Waals surface area contributed by atoms with Crippen molar-refractivity contribution in [3.8, 4) is 0 Å². The maximum atomic E-state index is 12.6. The lowest BCUT2D eigenvalue weighted by Gasteiger charge is -2.21. The number of likely N-dealkylation sites (tertiary alicyclic amines) is 2. The normalized spacial score (nSPS) is 34.3. The van der Waals surface area contributed by atoms with Crippen LogP contribution in [0.2, 0.25) is 0 Å². The molecule has 3 fully saturated rings. The van der Waals surface area contributed by atoms with Crippen LogP contribution in [0.1, 0.15) is 32.1 Å². The number of aliphatic imine (C=N–C) groups is 1. The fourth-order valence-electron chi connectivity index (χ4n) is 4.85. The van der Waals surface area contributed by atoms with E-state index in [-0.39, 0.29) is 59.5 Å². The number of rotatable bonds is 3. The number of nitrogens with zero attached hydrogens (tertiary/aromatic N) is 3. The van der Waals surface area contributed by atoms with E-state index < -0.39 is 0 Å². The van der Waals surface area contributed by atoms with Gasteiger partial charge in [-0.15, -0.1) is 24.0 Å². The minimum Gasteiger partial charge on any atom is -0.370 e. The van der Waals surface area contributed by atoms with Crippen molar-refractivity contribution in [1.82, 2.24) is 9.80 Å². The second-order valence-corrected chi connectivity index (χ2v) is 7.47. The number of hydrogen-bond donors (Lipinski definition) is 1. The van der Waals surface area contributed by atoms with Gasteiger partial charge < -0.3 is 10.6 Å². The summed E-state index contributed by atoms with van der Waals surface area (Å²) < 4.78 is 0. The van der Waals surface area contributed by atoms with Crippen molar-refractivity contribution in [2.75, 3.05) is 26.2 Å². The van der Waals surface area contributed by atoms with Crippen LogP contribution in [-0.2, 0) is 9.59 Å². The second kappa shape index (κ2) is 7.63. The first kappa shape index (κ1) is 18.7. The van der Waals surface area contributed by atoms with Crippen LogP contribution in [0.5, 0.6) is 0 Å². The molecule has 2 N–H and O–H groups in total. The summed E-state index contributed by atoms with van der Waals surface area (Å²) in [4.78, 5) is 33.2. The predicted octanol–water partition coefficient (Wildman–Crippen LogP) is 1.60. The summed E-state index contributed by atoms with van der Waals surface area (Å²) >= 11 is 0. The third kappa shape index (κ3) is 3.31. The summed E-state index contributed by atoms with van der Waals surface area (Å²) in [7, 11) is 0. The molecule has 2 aliphatic heterocycles. The molecule has 0 spiro atoms. The van der Waals surface area contributed by atoms with Crippen LogP contribution >= 0.6 is 24.0 Å². The number of carbonyl (C=O) groups is 2. The van der Waals surface area contributed by atoms with E-state index in [2.05, 4.69) is 22.0 Å². The number of allylic oxidation sites excluding steroid dienone is 2. The number of nitrogens with two attached hydrogens (primary N) is 1. The summed E-state index contributed by atoms with van der Waals surface area (Å²) in [5, 5.41) is 0. The molecule has 4 atom stereocenters. The first-order valence-electron chi connectivity index (χ1n) is 9.25. The molecule has 0 aromatic heterocycles. The van der Waals surface area contributed by atoms with Crippen molar-refractivity contribution in [2.24, 2.45) is 34.4 Å². The molecule has 0 aromatic rings. The topological polar surface area (TPSA) is 79.0 Å². The summed E-state index contributed by atoms with van der Waals surface area (Å²) in [5.41, 5.74) is 6.10. The molecule has 0 aromatic carbocycles. The maximum Gasteiger partial charge on any atom is 0.233 e.